The summed E-state index contributed by atoms with van der Waals surface area (Å²) in [4.78, 5) is 9.32. The van der Waals surface area contributed by atoms with Crippen LogP contribution < -0.4 is 5.73 Å². The SMILES string of the molecule is CC(C)(N)c1cc(F)c([N+](=O)[O-])cc1F. The Morgan fingerprint density at radius 3 is 2.27 bits per heavy atom. The monoisotopic (exact) mass is 216 g/mol. The van der Waals surface area contributed by atoms with Gasteiger partial charge in [0.2, 0.25) is 5.82 Å². The summed E-state index contributed by atoms with van der Waals surface area (Å²) in [7, 11) is 0. The van der Waals surface area contributed by atoms with Gasteiger partial charge in [0, 0.05) is 11.1 Å². The first-order chi connectivity index (χ1) is 6.73. The van der Waals surface area contributed by atoms with Crippen LogP contribution in [0, 0.1) is 21.7 Å². The van der Waals surface area contributed by atoms with Crippen LogP contribution in [0.15, 0.2) is 12.1 Å². The van der Waals surface area contributed by atoms with Gasteiger partial charge in [-0.05, 0) is 19.9 Å². The van der Waals surface area contributed by atoms with Gasteiger partial charge in [-0.2, -0.15) is 4.39 Å². The number of hydrogen-bond donors (Lipinski definition) is 1. The lowest BCUT2D eigenvalue weighted by Gasteiger charge is -2.19. The molecule has 0 fully saturated rings. The Labute approximate surface area is 84.9 Å². The van der Waals surface area contributed by atoms with E-state index >= 15 is 0 Å². The van der Waals surface area contributed by atoms with Crippen molar-refractivity contribution < 1.29 is 13.7 Å². The van der Waals surface area contributed by atoms with Crippen molar-refractivity contribution in [1.29, 1.82) is 0 Å². The quantitative estimate of drug-likeness (QED) is 0.607. The van der Waals surface area contributed by atoms with Crippen molar-refractivity contribution in [3.63, 3.8) is 0 Å². The summed E-state index contributed by atoms with van der Waals surface area (Å²) in [5, 5.41) is 10.3. The average molecular weight is 216 g/mol. The molecule has 4 nitrogen and oxygen atoms in total. The van der Waals surface area contributed by atoms with Crippen LogP contribution in [0.25, 0.3) is 0 Å². The number of hydrogen-bond acceptors (Lipinski definition) is 3. The second-order valence-electron chi connectivity index (χ2n) is 3.76. The fourth-order valence-corrected chi connectivity index (χ4v) is 1.17. The molecule has 82 valence electrons. The van der Waals surface area contributed by atoms with Crippen molar-refractivity contribution >= 4 is 5.69 Å². The minimum Gasteiger partial charge on any atom is -0.322 e. The Morgan fingerprint density at radius 1 is 1.33 bits per heavy atom. The van der Waals surface area contributed by atoms with Gasteiger partial charge in [-0.25, -0.2) is 4.39 Å². The minimum absolute atomic E-state index is 0.0920. The Morgan fingerprint density at radius 2 is 1.87 bits per heavy atom. The van der Waals surface area contributed by atoms with E-state index in [0.717, 1.165) is 6.07 Å². The smallest absolute Gasteiger partial charge is 0.307 e. The lowest BCUT2D eigenvalue weighted by Crippen LogP contribution is -2.30. The van der Waals surface area contributed by atoms with Gasteiger partial charge in [-0.15, -0.1) is 0 Å². The molecule has 1 aromatic rings. The predicted octanol–water partition coefficient (Wildman–Crippen LogP) is 2.07. The molecule has 1 aromatic carbocycles. The highest BCUT2D eigenvalue weighted by Crippen LogP contribution is 2.27. The second-order valence-corrected chi connectivity index (χ2v) is 3.76. The maximum Gasteiger partial charge on any atom is 0.307 e. The molecule has 0 bridgehead atoms. The van der Waals surface area contributed by atoms with E-state index in [4.69, 9.17) is 5.73 Å². The van der Waals surface area contributed by atoms with Gasteiger partial charge in [-0.3, -0.25) is 10.1 Å². The highest BCUT2D eigenvalue weighted by molar-refractivity contribution is 5.38. The lowest BCUT2D eigenvalue weighted by molar-refractivity contribution is -0.387. The van der Waals surface area contributed by atoms with Gasteiger partial charge in [0.15, 0.2) is 0 Å². The molecule has 0 unspecified atom stereocenters. The number of benzene rings is 1. The van der Waals surface area contributed by atoms with Gasteiger partial charge in [0.25, 0.3) is 0 Å². The van der Waals surface area contributed by atoms with Crippen molar-refractivity contribution in [1.82, 2.24) is 0 Å². The zero-order chi connectivity index (χ0) is 11.8. The molecule has 0 saturated heterocycles. The van der Waals surface area contributed by atoms with Crippen LogP contribution >= 0.6 is 0 Å². The third-order valence-electron chi connectivity index (χ3n) is 1.93. The Hall–Kier alpha value is -1.56. The first kappa shape index (κ1) is 11.5. The maximum absolute atomic E-state index is 13.3. The fourth-order valence-electron chi connectivity index (χ4n) is 1.17. The molecule has 0 aliphatic carbocycles. The molecule has 2 N–H and O–H groups in total. The van der Waals surface area contributed by atoms with Crippen LogP contribution in [0.5, 0.6) is 0 Å². The number of nitro benzene ring substituents is 1. The number of nitro groups is 1. The molecular formula is C9H10F2N2O2. The van der Waals surface area contributed by atoms with E-state index in [0.29, 0.717) is 6.07 Å². The number of nitrogens with zero attached hydrogens (tertiary/aromatic N) is 1. The van der Waals surface area contributed by atoms with E-state index in [9.17, 15) is 18.9 Å². The van der Waals surface area contributed by atoms with Crippen LogP contribution in [-0.2, 0) is 5.54 Å². The largest absolute Gasteiger partial charge is 0.322 e. The topological polar surface area (TPSA) is 69.2 Å². The maximum atomic E-state index is 13.3. The van der Waals surface area contributed by atoms with Gasteiger partial charge in [0.05, 0.1) is 11.0 Å². The van der Waals surface area contributed by atoms with Crippen LogP contribution in [0.2, 0.25) is 0 Å². The van der Waals surface area contributed by atoms with Crippen LogP contribution in [0.1, 0.15) is 19.4 Å². The zero-order valence-electron chi connectivity index (χ0n) is 8.25. The molecule has 0 spiro atoms. The Bertz CT molecular complexity index is 413. The molecule has 0 saturated carbocycles. The van der Waals surface area contributed by atoms with Crippen molar-refractivity contribution in [2.45, 2.75) is 19.4 Å². The molecule has 0 radical (unpaired) electrons. The highest BCUT2D eigenvalue weighted by atomic mass is 19.1. The molecule has 0 amide bonds. The van der Waals surface area contributed by atoms with Gasteiger partial charge < -0.3 is 5.73 Å². The zero-order valence-corrected chi connectivity index (χ0v) is 8.25. The van der Waals surface area contributed by atoms with Crippen LogP contribution in [-0.4, -0.2) is 4.92 Å². The molecule has 6 heteroatoms. The summed E-state index contributed by atoms with van der Waals surface area (Å²) in [5.74, 6) is -1.97. The minimum atomic E-state index is -1.09. The third kappa shape index (κ3) is 2.27. The summed E-state index contributed by atoms with van der Waals surface area (Å²) in [6, 6.07) is 1.30. The van der Waals surface area contributed by atoms with E-state index in [-0.39, 0.29) is 5.56 Å². The molecule has 0 aliphatic rings. The first-order valence-electron chi connectivity index (χ1n) is 4.16. The summed E-state index contributed by atoms with van der Waals surface area (Å²) in [6.07, 6.45) is 0. The summed E-state index contributed by atoms with van der Waals surface area (Å²) in [6.45, 7) is 2.97. The Kier molecular flexibility index (Phi) is 2.72. The number of nitrogens with two attached hydrogens (primary N) is 1. The van der Waals surface area contributed by atoms with Crippen molar-refractivity contribution in [2.24, 2.45) is 5.73 Å². The summed E-state index contributed by atoms with van der Waals surface area (Å²) < 4.78 is 26.5. The van der Waals surface area contributed by atoms with E-state index < -0.39 is 27.8 Å². The third-order valence-corrected chi connectivity index (χ3v) is 1.93. The number of halogens is 2. The number of rotatable bonds is 2. The summed E-state index contributed by atoms with van der Waals surface area (Å²) >= 11 is 0. The molecule has 0 heterocycles. The van der Waals surface area contributed by atoms with E-state index in [2.05, 4.69) is 0 Å². The van der Waals surface area contributed by atoms with Crippen LogP contribution in [0.3, 0.4) is 0 Å². The molecule has 0 aromatic heterocycles. The average Bonchev–Trinajstić information content (AvgIpc) is 2.06. The molecule has 15 heavy (non-hydrogen) atoms. The molecule has 0 aliphatic heterocycles. The van der Waals surface area contributed by atoms with E-state index in [1.807, 2.05) is 0 Å². The highest BCUT2D eigenvalue weighted by Gasteiger charge is 2.25. The van der Waals surface area contributed by atoms with E-state index in [1.54, 1.807) is 0 Å². The fraction of sp³-hybridized carbons (Fsp3) is 0.333. The molecular weight excluding hydrogens is 206 g/mol. The lowest BCUT2D eigenvalue weighted by atomic mass is 9.94. The normalized spacial score (nSPS) is 11.5. The molecule has 1 rings (SSSR count). The van der Waals surface area contributed by atoms with Gasteiger partial charge in [0.1, 0.15) is 5.82 Å². The van der Waals surface area contributed by atoms with Crippen LogP contribution in [0.4, 0.5) is 14.5 Å². The summed E-state index contributed by atoms with van der Waals surface area (Å²) in [5.41, 5.74) is 3.51. The van der Waals surface area contributed by atoms with Crippen molar-refractivity contribution in [3.05, 3.63) is 39.4 Å². The van der Waals surface area contributed by atoms with E-state index in [1.165, 1.54) is 13.8 Å². The predicted molar refractivity (Wildman–Crippen MR) is 50.2 cm³/mol. The molecule has 0 atom stereocenters. The van der Waals surface area contributed by atoms with Crippen molar-refractivity contribution in [2.75, 3.05) is 0 Å². The van der Waals surface area contributed by atoms with Gasteiger partial charge in [-0.1, -0.05) is 0 Å². The Balaban J connectivity index is 3.39. The second kappa shape index (κ2) is 3.54. The van der Waals surface area contributed by atoms with Gasteiger partial charge >= 0.3 is 5.69 Å². The van der Waals surface area contributed by atoms with Crippen molar-refractivity contribution in [3.8, 4) is 0 Å². The standard InChI is InChI=1S/C9H10F2N2O2/c1-9(2,12)5-3-7(11)8(13(14)15)4-6(5)10/h3-4H,12H2,1-2H3. The first-order valence-corrected chi connectivity index (χ1v) is 4.16.